The van der Waals surface area contributed by atoms with Crippen molar-refractivity contribution in [2.45, 2.75) is 44.8 Å². The lowest BCUT2D eigenvalue weighted by Crippen LogP contribution is -2.36. The third-order valence-corrected chi connectivity index (χ3v) is 2.72. The van der Waals surface area contributed by atoms with Crippen LogP contribution in [-0.4, -0.2) is 46.3 Å². The fourth-order valence-corrected chi connectivity index (χ4v) is 1.96. The lowest BCUT2D eigenvalue weighted by Gasteiger charge is -2.20. The minimum Gasteiger partial charge on any atom is -0.480 e. The molecule has 2 atom stereocenters. The summed E-state index contributed by atoms with van der Waals surface area (Å²) in [5, 5.41) is 18.0. The topological polar surface area (TPSA) is 60.8 Å². The number of hydrogen-bond donors (Lipinski definition) is 2. The van der Waals surface area contributed by atoms with Crippen molar-refractivity contribution in [2.75, 3.05) is 13.1 Å². The minimum atomic E-state index is -0.709. The van der Waals surface area contributed by atoms with Gasteiger partial charge in [0.25, 0.3) is 0 Å². The van der Waals surface area contributed by atoms with Crippen LogP contribution in [0.4, 0.5) is 0 Å². The number of hydrogen-bond acceptors (Lipinski definition) is 3. The van der Waals surface area contributed by atoms with Crippen LogP contribution >= 0.6 is 0 Å². The molecule has 1 aliphatic heterocycles. The largest absolute Gasteiger partial charge is 0.480 e. The number of carbonyl (C=O) groups is 1. The van der Waals surface area contributed by atoms with E-state index in [1.165, 1.54) is 0 Å². The highest BCUT2D eigenvalue weighted by Crippen LogP contribution is 2.17. The Hall–Kier alpha value is -0.610. The van der Waals surface area contributed by atoms with Gasteiger partial charge in [0, 0.05) is 0 Å². The number of nitrogens with zero attached hydrogens (tertiary/aromatic N) is 1. The number of rotatable bonds is 5. The molecule has 0 spiro atoms. The first kappa shape index (κ1) is 11.5. The normalized spacial score (nSPS) is 25.1. The van der Waals surface area contributed by atoms with Crippen molar-refractivity contribution in [3.8, 4) is 0 Å². The maximum Gasteiger partial charge on any atom is 0.320 e. The quantitative estimate of drug-likeness (QED) is 0.687. The van der Waals surface area contributed by atoms with Crippen molar-refractivity contribution < 1.29 is 15.0 Å². The SMILES string of the molecule is CC(O)CCCN1CCC[C@H]1C(=O)O. The van der Waals surface area contributed by atoms with Gasteiger partial charge in [0.05, 0.1) is 6.10 Å². The van der Waals surface area contributed by atoms with Crippen LogP contribution in [0.2, 0.25) is 0 Å². The average Bonchev–Trinajstić information content (AvgIpc) is 2.51. The first-order valence-corrected chi connectivity index (χ1v) is 5.26. The molecule has 0 radical (unpaired) electrons. The van der Waals surface area contributed by atoms with Crippen molar-refractivity contribution in [2.24, 2.45) is 0 Å². The molecule has 0 amide bonds. The van der Waals surface area contributed by atoms with Crippen molar-refractivity contribution in [3.63, 3.8) is 0 Å². The number of aliphatic carboxylic acids is 1. The second-order valence-electron chi connectivity index (χ2n) is 4.02. The average molecular weight is 201 g/mol. The zero-order chi connectivity index (χ0) is 10.6. The van der Waals surface area contributed by atoms with E-state index in [4.69, 9.17) is 10.2 Å². The summed E-state index contributed by atoms with van der Waals surface area (Å²) < 4.78 is 0. The summed E-state index contributed by atoms with van der Waals surface area (Å²) in [6.07, 6.45) is 3.10. The van der Waals surface area contributed by atoms with Gasteiger partial charge in [-0.15, -0.1) is 0 Å². The first-order chi connectivity index (χ1) is 6.61. The molecule has 0 aromatic carbocycles. The van der Waals surface area contributed by atoms with Crippen LogP contribution in [0.3, 0.4) is 0 Å². The summed E-state index contributed by atoms with van der Waals surface area (Å²) >= 11 is 0. The van der Waals surface area contributed by atoms with Crippen molar-refractivity contribution in [1.29, 1.82) is 0 Å². The fraction of sp³-hybridized carbons (Fsp3) is 0.900. The Kier molecular flexibility index (Phi) is 4.35. The predicted octanol–water partition coefficient (Wildman–Crippen LogP) is 0.696. The highest BCUT2D eigenvalue weighted by atomic mass is 16.4. The van der Waals surface area contributed by atoms with Crippen molar-refractivity contribution in [1.82, 2.24) is 4.90 Å². The van der Waals surface area contributed by atoms with E-state index in [1.807, 2.05) is 4.90 Å². The third kappa shape index (κ3) is 3.27. The molecule has 1 rings (SSSR count). The van der Waals surface area contributed by atoms with E-state index < -0.39 is 5.97 Å². The zero-order valence-electron chi connectivity index (χ0n) is 8.65. The Morgan fingerprint density at radius 1 is 1.64 bits per heavy atom. The Labute approximate surface area is 84.5 Å². The standard InChI is InChI=1S/C10H19NO3/c1-8(12)4-2-6-11-7-3-5-9(11)10(13)14/h8-9,12H,2-7H2,1H3,(H,13,14)/t8?,9-/m0/s1. The molecular weight excluding hydrogens is 182 g/mol. The summed E-state index contributed by atoms with van der Waals surface area (Å²) in [4.78, 5) is 12.8. The van der Waals surface area contributed by atoms with E-state index in [1.54, 1.807) is 6.92 Å². The van der Waals surface area contributed by atoms with Gasteiger partial charge in [-0.25, -0.2) is 0 Å². The maximum atomic E-state index is 10.8. The molecule has 2 N–H and O–H groups in total. The van der Waals surface area contributed by atoms with Gasteiger partial charge in [-0.05, 0) is 45.7 Å². The van der Waals surface area contributed by atoms with Crippen LogP contribution in [0, 0.1) is 0 Å². The van der Waals surface area contributed by atoms with Crippen LogP contribution < -0.4 is 0 Å². The fourth-order valence-electron chi connectivity index (χ4n) is 1.96. The summed E-state index contributed by atoms with van der Waals surface area (Å²) in [6.45, 7) is 3.44. The molecule has 0 aromatic rings. The summed E-state index contributed by atoms with van der Waals surface area (Å²) in [5.41, 5.74) is 0. The monoisotopic (exact) mass is 201 g/mol. The molecule has 82 valence electrons. The van der Waals surface area contributed by atoms with E-state index in [0.717, 1.165) is 38.8 Å². The van der Waals surface area contributed by atoms with Gasteiger partial charge in [-0.1, -0.05) is 0 Å². The van der Waals surface area contributed by atoms with Crippen LogP contribution in [0.5, 0.6) is 0 Å². The van der Waals surface area contributed by atoms with E-state index in [2.05, 4.69) is 0 Å². The molecule has 1 saturated heterocycles. The van der Waals surface area contributed by atoms with Gasteiger partial charge in [0.1, 0.15) is 6.04 Å². The second kappa shape index (κ2) is 5.32. The Balaban J connectivity index is 2.26. The molecular formula is C10H19NO3. The number of likely N-dealkylation sites (tertiary alicyclic amines) is 1. The number of aliphatic hydroxyl groups is 1. The molecule has 1 heterocycles. The van der Waals surface area contributed by atoms with Gasteiger partial charge < -0.3 is 10.2 Å². The Bertz CT molecular complexity index is 194. The molecule has 4 heteroatoms. The maximum absolute atomic E-state index is 10.8. The smallest absolute Gasteiger partial charge is 0.320 e. The summed E-state index contributed by atoms with van der Waals surface area (Å²) in [5.74, 6) is -0.709. The number of aliphatic hydroxyl groups excluding tert-OH is 1. The van der Waals surface area contributed by atoms with Crippen LogP contribution in [0.25, 0.3) is 0 Å². The van der Waals surface area contributed by atoms with Gasteiger partial charge in [-0.2, -0.15) is 0 Å². The molecule has 1 fully saturated rings. The molecule has 1 unspecified atom stereocenters. The van der Waals surface area contributed by atoms with E-state index >= 15 is 0 Å². The van der Waals surface area contributed by atoms with Crippen molar-refractivity contribution in [3.05, 3.63) is 0 Å². The van der Waals surface area contributed by atoms with E-state index in [-0.39, 0.29) is 12.1 Å². The highest BCUT2D eigenvalue weighted by molar-refractivity contribution is 5.73. The minimum absolute atomic E-state index is 0.277. The lowest BCUT2D eigenvalue weighted by atomic mass is 10.2. The number of carboxylic acid groups (broad SMARTS) is 1. The molecule has 14 heavy (non-hydrogen) atoms. The Morgan fingerprint density at radius 3 is 2.93 bits per heavy atom. The second-order valence-corrected chi connectivity index (χ2v) is 4.02. The van der Waals surface area contributed by atoms with Gasteiger partial charge >= 0.3 is 5.97 Å². The first-order valence-electron chi connectivity index (χ1n) is 5.26. The third-order valence-electron chi connectivity index (χ3n) is 2.72. The van der Waals surface area contributed by atoms with Gasteiger partial charge in [0.15, 0.2) is 0 Å². The van der Waals surface area contributed by atoms with E-state index in [9.17, 15) is 4.79 Å². The van der Waals surface area contributed by atoms with Crippen LogP contribution in [-0.2, 0) is 4.79 Å². The number of carboxylic acids is 1. The van der Waals surface area contributed by atoms with Crippen molar-refractivity contribution >= 4 is 5.97 Å². The Morgan fingerprint density at radius 2 is 2.36 bits per heavy atom. The van der Waals surface area contributed by atoms with Gasteiger partial charge in [-0.3, -0.25) is 9.69 Å². The molecule has 4 nitrogen and oxygen atoms in total. The molecule has 0 aliphatic carbocycles. The van der Waals surface area contributed by atoms with Crippen LogP contribution in [0.1, 0.15) is 32.6 Å². The summed E-state index contributed by atoms with van der Waals surface area (Å²) in [7, 11) is 0. The van der Waals surface area contributed by atoms with Crippen LogP contribution in [0.15, 0.2) is 0 Å². The molecule has 0 aromatic heterocycles. The van der Waals surface area contributed by atoms with Gasteiger partial charge in [0.2, 0.25) is 0 Å². The summed E-state index contributed by atoms with van der Waals surface area (Å²) in [6, 6.07) is -0.288. The molecule has 1 aliphatic rings. The highest BCUT2D eigenvalue weighted by Gasteiger charge is 2.29. The van der Waals surface area contributed by atoms with E-state index in [0.29, 0.717) is 0 Å². The molecule has 0 bridgehead atoms. The predicted molar refractivity (Wildman–Crippen MR) is 53.1 cm³/mol. The lowest BCUT2D eigenvalue weighted by molar-refractivity contribution is -0.142. The molecule has 0 saturated carbocycles. The zero-order valence-corrected chi connectivity index (χ0v) is 8.65.